The van der Waals surface area contributed by atoms with E-state index in [9.17, 15) is 4.39 Å². The second kappa shape index (κ2) is 5.02. The van der Waals surface area contributed by atoms with Crippen molar-refractivity contribution in [2.45, 2.75) is 0 Å². The lowest BCUT2D eigenvalue weighted by molar-refractivity contribution is 0.455. The number of benzene rings is 1. The second-order valence-electron chi connectivity index (χ2n) is 3.41. The van der Waals surface area contributed by atoms with Crippen molar-refractivity contribution in [1.29, 1.82) is 5.26 Å². The Morgan fingerprint density at radius 1 is 1.39 bits per heavy atom. The van der Waals surface area contributed by atoms with Crippen LogP contribution in [0.2, 0.25) is 0 Å². The minimum Gasteiger partial charge on any atom is -0.438 e. The van der Waals surface area contributed by atoms with Crippen LogP contribution < -0.4 is 10.5 Å². The highest BCUT2D eigenvalue weighted by Gasteiger charge is 2.08. The maximum Gasteiger partial charge on any atom is 0.233 e. The van der Waals surface area contributed by atoms with E-state index in [4.69, 9.17) is 15.7 Å². The van der Waals surface area contributed by atoms with Gasteiger partial charge in [-0.15, -0.1) is 0 Å². The van der Waals surface area contributed by atoms with E-state index in [0.717, 1.165) is 6.07 Å². The van der Waals surface area contributed by atoms with Crippen LogP contribution in [0.1, 0.15) is 5.56 Å². The van der Waals surface area contributed by atoms with E-state index in [2.05, 4.69) is 20.9 Å². The summed E-state index contributed by atoms with van der Waals surface area (Å²) in [5, 5.41) is 8.61. The summed E-state index contributed by atoms with van der Waals surface area (Å²) in [6.07, 6.45) is 1.43. The normalized spacial score (nSPS) is 9.83. The molecule has 0 aliphatic rings. The highest BCUT2D eigenvalue weighted by Crippen LogP contribution is 2.29. The fourth-order valence-electron chi connectivity index (χ4n) is 1.28. The van der Waals surface area contributed by atoms with Gasteiger partial charge < -0.3 is 10.5 Å². The standard InChI is InChI=1S/C12H7BrFN3O/c13-10-3-8(16)6-17-12(10)18-9-2-1-7(5-15)11(14)4-9/h1-4,6H,16H2. The predicted molar refractivity (Wildman–Crippen MR) is 67.5 cm³/mol. The van der Waals surface area contributed by atoms with Crippen molar-refractivity contribution in [3.05, 3.63) is 46.3 Å². The highest BCUT2D eigenvalue weighted by atomic mass is 79.9. The number of aromatic nitrogens is 1. The van der Waals surface area contributed by atoms with E-state index in [1.165, 1.54) is 18.3 Å². The summed E-state index contributed by atoms with van der Waals surface area (Å²) in [5.74, 6) is -0.112. The van der Waals surface area contributed by atoms with Crippen molar-refractivity contribution >= 4 is 21.6 Å². The van der Waals surface area contributed by atoms with Gasteiger partial charge in [0, 0.05) is 6.07 Å². The van der Waals surface area contributed by atoms with Crippen molar-refractivity contribution in [1.82, 2.24) is 4.98 Å². The first-order valence-electron chi connectivity index (χ1n) is 4.88. The van der Waals surface area contributed by atoms with Gasteiger partial charge in [-0.3, -0.25) is 0 Å². The Morgan fingerprint density at radius 3 is 2.78 bits per heavy atom. The van der Waals surface area contributed by atoms with E-state index in [-0.39, 0.29) is 17.2 Å². The van der Waals surface area contributed by atoms with Gasteiger partial charge in [0.2, 0.25) is 5.88 Å². The van der Waals surface area contributed by atoms with Crippen LogP contribution in [0, 0.1) is 17.1 Å². The number of pyridine rings is 1. The molecule has 0 bridgehead atoms. The molecular formula is C12H7BrFN3O. The number of nitrogens with two attached hydrogens (primary N) is 1. The van der Waals surface area contributed by atoms with Crippen LogP contribution in [0.15, 0.2) is 34.9 Å². The van der Waals surface area contributed by atoms with Crippen LogP contribution in [-0.2, 0) is 0 Å². The maximum atomic E-state index is 13.4. The van der Waals surface area contributed by atoms with Crippen molar-refractivity contribution < 1.29 is 9.13 Å². The molecule has 18 heavy (non-hydrogen) atoms. The van der Waals surface area contributed by atoms with Crippen LogP contribution in [0.5, 0.6) is 11.6 Å². The third-order valence-electron chi connectivity index (χ3n) is 2.10. The lowest BCUT2D eigenvalue weighted by atomic mass is 10.2. The Labute approximate surface area is 111 Å². The number of ether oxygens (including phenoxy) is 1. The summed E-state index contributed by atoms with van der Waals surface area (Å²) in [5.41, 5.74) is 5.99. The van der Waals surface area contributed by atoms with Gasteiger partial charge in [0.15, 0.2) is 0 Å². The van der Waals surface area contributed by atoms with E-state index >= 15 is 0 Å². The average Bonchev–Trinajstić information content (AvgIpc) is 2.33. The zero-order valence-electron chi connectivity index (χ0n) is 9.02. The highest BCUT2D eigenvalue weighted by molar-refractivity contribution is 9.10. The summed E-state index contributed by atoms with van der Waals surface area (Å²) in [4.78, 5) is 3.96. The number of rotatable bonds is 2. The molecule has 0 unspecified atom stereocenters. The van der Waals surface area contributed by atoms with Crippen molar-refractivity contribution in [3.8, 4) is 17.7 Å². The molecule has 2 aromatic rings. The van der Waals surface area contributed by atoms with Crippen molar-refractivity contribution in [3.63, 3.8) is 0 Å². The van der Waals surface area contributed by atoms with Crippen LogP contribution in [0.3, 0.4) is 0 Å². The SMILES string of the molecule is N#Cc1ccc(Oc2ncc(N)cc2Br)cc1F. The molecule has 0 saturated carbocycles. The number of nitrogen functional groups attached to an aromatic ring is 1. The van der Waals surface area contributed by atoms with Gasteiger partial charge in [0.1, 0.15) is 17.6 Å². The van der Waals surface area contributed by atoms with Crippen LogP contribution >= 0.6 is 15.9 Å². The average molecular weight is 308 g/mol. The third kappa shape index (κ3) is 2.57. The molecule has 1 aromatic carbocycles. The molecular weight excluding hydrogens is 301 g/mol. The first-order chi connectivity index (χ1) is 8.60. The zero-order chi connectivity index (χ0) is 13.1. The number of halogens is 2. The molecule has 0 spiro atoms. The lowest BCUT2D eigenvalue weighted by Crippen LogP contribution is -1.93. The zero-order valence-corrected chi connectivity index (χ0v) is 10.6. The second-order valence-corrected chi connectivity index (χ2v) is 4.27. The first-order valence-corrected chi connectivity index (χ1v) is 5.68. The molecule has 90 valence electrons. The number of nitriles is 1. The predicted octanol–water partition coefficient (Wildman–Crippen LogP) is 3.23. The number of hydrogen-bond donors (Lipinski definition) is 1. The summed E-state index contributed by atoms with van der Waals surface area (Å²) in [7, 11) is 0. The molecule has 0 amide bonds. The monoisotopic (exact) mass is 307 g/mol. The molecule has 0 atom stereocenters. The summed E-state index contributed by atoms with van der Waals surface area (Å²) >= 11 is 3.24. The van der Waals surface area contributed by atoms with Gasteiger partial charge in [-0.2, -0.15) is 5.26 Å². The van der Waals surface area contributed by atoms with Gasteiger partial charge in [0.05, 0.1) is 21.9 Å². The van der Waals surface area contributed by atoms with Gasteiger partial charge in [-0.1, -0.05) is 0 Å². The molecule has 4 nitrogen and oxygen atoms in total. The molecule has 0 saturated heterocycles. The molecule has 2 N–H and O–H groups in total. The van der Waals surface area contributed by atoms with Crippen LogP contribution in [0.4, 0.5) is 10.1 Å². The van der Waals surface area contributed by atoms with Gasteiger partial charge >= 0.3 is 0 Å². The van der Waals surface area contributed by atoms with E-state index < -0.39 is 5.82 Å². The van der Waals surface area contributed by atoms with Crippen molar-refractivity contribution in [2.75, 3.05) is 5.73 Å². The lowest BCUT2D eigenvalue weighted by Gasteiger charge is -2.07. The largest absolute Gasteiger partial charge is 0.438 e. The molecule has 1 aromatic heterocycles. The molecule has 2 rings (SSSR count). The molecule has 1 heterocycles. The number of nitrogens with zero attached hydrogens (tertiary/aromatic N) is 2. The molecule has 6 heteroatoms. The molecule has 0 aliphatic heterocycles. The third-order valence-corrected chi connectivity index (χ3v) is 2.67. The summed E-state index contributed by atoms with van der Waals surface area (Å²) < 4.78 is 19.3. The van der Waals surface area contributed by atoms with E-state index in [0.29, 0.717) is 10.2 Å². The fourth-order valence-corrected chi connectivity index (χ4v) is 1.72. The number of anilines is 1. The summed E-state index contributed by atoms with van der Waals surface area (Å²) in [6, 6.07) is 7.32. The molecule has 0 aliphatic carbocycles. The summed E-state index contributed by atoms with van der Waals surface area (Å²) in [6.45, 7) is 0. The van der Waals surface area contributed by atoms with Gasteiger partial charge in [-0.05, 0) is 34.1 Å². The quantitative estimate of drug-likeness (QED) is 0.924. The fraction of sp³-hybridized carbons (Fsp3) is 0. The number of hydrogen-bond acceptors (Lipinski definition) is 4. The Hall–Kier alpha value is -2.13. The minimum atomic E-state index is -0.637. The van der Waals surface area contributed by atoms with E-state index in [1.54, 1.807) is 12.1 Å². The Morgan fingerprint density at radius 2 is 2.17 bits per heavy atom. The van der Waals surface area contributed by atoms with E-state index in [1.807, 2.05) is 0 Å². The Kier molecular flexibility index (Phi) is 3.44. The Bertz CT molecular complexity index is 640. The Balaban J connectivity index is 2.29. The topological polar surface area (TPSA) is 71.9 Å². The maximum absolute atomic E-state index is 13.4. The van der Waals surface area contributed by atoms with Crippen molar-refractivity contribution in [2.24, 2.45) is 0 Å². The van der Waals surface area contributed by atoms with Gasteiger partial charge in [-0.25, -0.2) is 9.37 Å². The smallest absolute Gasteiger partial charge is 0.233 e. The first kappa shape index (κ1) is 12.3. The van der Waals surface area contributed by atoms with Gasteiger partial charge in [0.25, 0.3) is 0 Å². The molecule has 0 radical (unpaired) electrons. The minimum absolute atomic E-state index is 0.0355. The van der Waals surface area contributed by atoms with Crippen LogP contribution in [-0.4, -0.2) is 4.98 Å². The molecule has 0 fully saturated rings. The van der Waals surface area contributed by atoms with Crippen LogP contribution in [0.25, 0.3) is 0 Å².